The van der Waals surface area contributed by atoms with Gasteiger partial charge in [0.25, 0.3) is 5.56 Å². The lowest BCUT2D eigenvalue weighted by atomic mass is 10.1. The third kappa shape index (κ3) is 5.31. The van der Waals surface area contributed by atoms with Crippen molar-refractivity contribution < 1.29 is 9.90 Å². The van der Waals surface area contributed by atoms with Gasteiger partial charge in [0.15, 0.2) is 11.2 Å². The minimum atomic E-state index is -0.831. The summed E-state index contributed by atoms with van der Waals surface area (Å²) < 4.78 is 3.79. The number of rotatable bonds is 9. The number of fused-ring (bicyclic) bond motifs is 1. The van der Waals surface area contributed by atoms with Crippen LogP contribution in [0.5, 0.6) is 0 Å². The van der Waals surface area contributed by atoms with Gasteiger partial charge in [-0.2, -0.15) is 0 Å². The van der Waals surface area contributed by atoms with E-state index in [0.29, 0.717) is 33.5 Å². The SMILES string of the molecule is NC(=O)Cn1c(=O)c2c(nc(-c3ccccc3Cl)n2-c2ccc(Cl)cc2)n(Cc2ccc(CCCO)cc2)c1=O. The Bertz CT molecular complexity index is 1820. The maximum Gasteiger partial charge on any atom is 0.333 e. The molecule has 0 bridgehead atoms. The second-order valence-corrected chi connectivity index (χ2v) is 10.1. The first kappa shape index (κ1) is 27.4. The molecule has 11 heteroatoms. The number of aliphatic hydroxyl groups is 1. The van der Waals surface area contributed by atoms with Gasteiger partial charge in [-0.3, -0.25) is 18.7 Å². The maximum atomic E-state index is 13.8. The fraction of sp³-hybridized carbons (Fsp3) is 0.172. The number of halogens is 2. The molecule has 0 saturated heterocycles. The third-order valence-corrected chi connectivity index (χ3v) is 7.11. The van der Waals surface area contributed by atoms with Gasteiger partial charge in [-0.1, -0.05) is 59.6 Å². The number of carbonyl (C=O) groups is 1. The summed E-state index contributed by atoms with van der Waals surface area (Å²) in [6.45, 7) is -0.421. The van der Waals surface area contributed by atoms with Gasteiger partial charge in [-0.25, -0.2) is 14.3 Å². The first-order valence-corrected chi connectivity index (χ1v) is 13.3. The molecule has 0 aliphatic heterocycles. The van der Waals surface area contributed by atoms with Crippen LogP contribution in [0.2, 0.25) is 10.0 Å². The van der Waals surface area contributed by atoms with E-state index in [-0.39, 0.29) is 24.3 Å². The first-order chi connectivity index (χ1) is 19.3. The van der Waals surface area contributed by atoms with E-state index < -0.39 is 23.7 Å². The second-order valence-electron chi connectivity index (χ2n) is 9.27. The van der Waals surface area contributed by atoms with Crippen molar-refractivity contribution in [1.29, 1.82) is 0 Å². The highest BCUT2D eigenvalue weighted by Gasteiger charge is 2.25. The van der Waals surface area contributed by atoms with E-state index in [4.69, 9.17) is 39.0 Å². The average molecular weight is 578 g/mol. The van der Waals surface area contributed by atoms with E-state index in [2.05, 4.69) is 0 Å². The van der Waals surface area contributed by atoms with Crippen molar-refractivity contribution in [3.63, 3.8) is 0 Å². The summed E-state index contributed by atoms with van der Waals surface area (Å²) in [5, 5.41) is 10.0. The number of imidazole rings is 1. The summed E-state index contributed by atoms with van der Waals surface area (Å²) in [7, 11) is 0. The summed E-state index contributed by atoms with van der Waals surface area (Å²) in [5.74, 6) is -0.494. The van der Waals surface area contributed by atoms with Crippen LogP contribution < -0.4 is 17.0 Å². The van der Waals surface area contributed by atoms with Crippen molar-refractivity contribution in [3.05, 3.63) is 115 Å². The Labute approximate surface area is 238 Å². The summed E-state index contributed by atoms with van der Waals surface area (Å²) in [6, 6.07) is 21.5. The Morgan fingerprint density at radius 1 is 0.900 bits per heavy atom. The lowest BCUT2D eigenvalue weighted by molar-refractivity contribution is -0.118. The highest BCUT2D eigenvalue weighted by atomic mass is 35.5. The van der Waals surface area contributed by atoms with Gasteiger partial charge >= 0.3 is 5.69 Å². The van der Waals surface area contributed by atoms with Gasteiger partial charge < -0.3 is 10.8 Å². The van der Waals surface area contributed by atoms with E-state index in [0.717, 1.165) is 22.1 Å². The molecule has 0 aliphatic rings. The fourth-order valence-electron chi connectivity index (χ4n) is 4.62. The molecule has 0 aliphatic carbocycles. The summed E-state index contributed by atoms with van der Waals surface area (Å²) in [6.07, 6.45) is 1.36. The van der Waals surface area contributed by atoms with Gasteiger partial charge in [0.2, 0.25) is 5.91 Å². The number of nitrogens with two attached hydrogens (primary N) is 1. The van der Waals surface area contributed by atoms with Crippen LogP contribution in [0, 0.1) is 0 Å². The van der Waals surface area contributed by atoms with Crippen LogP contribution in [0.15, 0.2) is 82.4 Å². The summed E-state index contributed by atoms with van der Waals surface area (Å²) in [5.41, 5.74) is 7.14. The number of hydrogen-bond acceptors (Lipinski definition) is 5. The highest BCUT2D eigenvalue weighted by Crippen LogP contribution is 2.32. The predicted molar refractivity (Wildman–Crippen MR) is 155 cm³/mol. The molecule has 204 valence electrons. The molecular weight excluding hydrogens is 553 g/mol. The van der Waals surface area contributed by atoms with E-state index >= 15 is 0 Å². The topological polar surface area (TPSA) is 125 Å². The standard InChI is InChI=1S/C29H25Cl2N5O4/c30-20-11-13-21(14-12-20)36-25-27(33-26(36)22-5-1-2-6-23(22)31)34(29(40)35(28(25)39)17-24(32)38)16-19-9-7-18(8-10-19)4-3-15-37/h1-2,5-14,37H,3-4,15-17H2,(H2,32,38). The van der Waals surface area contributed by atoms with Gasteiger partial charge in [0, 0.05) is 22.9 Å². The molecule has 3 N–H and O–H groups in total. The molecule has 0 radical (unpaired) electrons. The molecule has 40 heavy (non-hydrogen) atoms. The van der Waals surface area contributed by atoms with Gasteiger partial charge in [-0.15, -0.1) is 0 Å². The van der Waals surface area contributed by atoms with E-state index in [1.807, 2.05) is 24.3 Å². The number of aryl methyl sites for hydroxylation is 1. The molecule has 0 spiro atoms. The van der Waals surface area contributed by atoms with Crippen molar-refractivity contribution in [2.24, 2.45) is 5.73 Å². The molecule has 2 heterocycles. The zero-order chi connectivity index (χ0) is 28.4. The van der Waals surface area contributed by atoms with Gasteiger partial charge in [0.1, 0.15) is 12.4 Å². The predicted octanol–water partition coefficient (Wildman–Crippen LogP) is 3.78. The molecule has 2 aromatic heterocycles. The summed E-state index contributed by atoms with van der Waals surface area (Å²) >= 11 is 12.7. The molecule has 3 aromatic carbocycles. The zero-order valence-corrected chi connectivity index (χ0v) is 22.8. The number of carbonyl (C=O) groups excluding carboxylic acids is 1. The average Bonchev–Trinajstić information content (AvgIpc) is 3.34. The quantitative estimate of drug-likeness (QED) is 0.276. The normalized spacial score (nSPS) is 11.3. The fourth-order valence-corrected chi connectivity index (χ4v) is 4.97. The van der Waals surface area contributed by atoms with Crippen LogP contribution in [0.4, 0.5) is 0 Å². The monoisotopic (exact) mass is 577 g/mol. The van der Waals surface area contributed by atoms with Crippen LogP contribution in [0.25, 0.3) is 28.2 Å². The maximum absolute atomic E-state index is 13.8. The number of aromatic nitrogens is 4. The Balaban J connectivity index is 1.81. The number of hydrogen-bond donors (Lipinski definition) is 2. The molecule has 0 saturated carbocycles. The summed E-state index contributed by atoms with van der Waals surface area (Å²) in [4.78, 5) is 44.2. The van der Waals surface area contributed by atoms with Crippen molar-refractivity contribution in [1.82, 2.24) is 18.7 Å². The minimum absolute atomic E-state index is 0.0776. The molecular formula is C29H25Cl2N5O4. The number of nitrogens with zero attached hydrogens (tertiary/aromatic N) is 4. The second kappa shape index (κ2) is 11.5. The number of amides is 1. The van der Waals surface area contributed by atoms with Crippen LogP contribution in [-0.4, -0.2) is 36.3 Å². The van der Waals surface area contributed by atoms with Crippen LogP contribution in [-0.2, 0) is 24.3 Å². The van der Waals surface area contributed by atoms with Crippen molar-refractivity contribution in [2.45, 2.75) is 25.9 Å². The molecule has 5 aromatic rings. The Morgan fingerprint density at radius 2 is 1.57 bits per heavy atom. The number of aliphatic hydroxyl groups excluding tert-OH is 1. The Kier molecular flexibility index (Phi) is 7.88. The van der Waals surface area contributed by atoms with E-state index in [9.17, 15) is 14.4 Å². The van der Waals surface area contributed by atoms with Crippen LogP contribution >= 0.6 is 23.2 Å². The van der Waals surface area contributed by atoms with Crippen molar-refractivity contribution >= 4 is 40.3 Å². The third-order valence-electron chi connectivity index (χ3n) is 6.52. The Hall–Kier alpha value is -4.18. The molecule has 0 unspecified atom stereocenters. The molecule has 1 amide bonds. The van der Waals surface area contributed by atoms with Crippen molar-refractivity contribution in [3.8, 4) is 17.1 Å². The lowest BCUT2D eigenvalue weighted by Gasteiger charge is -2.13. The smallest absolute Gasteiger partial charge is 0.333 e. The zero-order valence-electron chi connectivity index (χ0n) is 21.3. The highest BCUT2D eigenvalue weighted by molar-refractivity contribution is 6.33. The largest absolute Gasteiger partial charge is 0.396 e. The first-order valence-electron chi connectivity index (χ1n) is 12.5. The molecule has 0 fully saturated rings. The van der Waals surface area contributed by atoms with E-state index in [1.54, 1.807) is 53.1 Å². The van der Waals surface area contributed by atoms with E-state index in [1.165, 1.54) is 4.57 Å². The van der Waals surface area contributed by atoms with Crippen LogP contribution in [0.1, 0.15) is 17.5 Å². The van der Waals surface area contributed by atoms with Crippen molar-refractivity contribution in [2.75, 3.05) is 6.61 Å². The number of benzene rings is 3. The molecule has 0 atom stereocenters. The number of primary amides is 1. The minimum Gasteiger partial charge on any atom is -0.396 e. The molecule has 9 nitrogen and oxygen atoms in total. The lowest BCUT2D eigenvalue weighted by Crippen LogP contribution is -2.43. The van der Waals surface area contributed by atoms with Gasteiger partial charge in [-0.05, 0) is 60.4 Å². The Morgan fingerprint density at radius 3 is 2.23 bits per heavy atom. The molecule has 5 rings (SSSR count). The van der Waals surface area contributed by atoms with Crippen LogP contribution in [0.3, 0.4) is 0 Å². The van der Waals surface area contributed by atoms with Gasteiger partial charge in [0.05, 0.1) is 11.6 Å².